The first-order valence-corrected chi connectivity index (χ1v) is 20.3. The van der Waals surface area contributed by atoms with E-state index in [1.54, 1.807) is 0 Å². The molecular formula is C41H78O6. The summed E-state index contributed by atoms with van der Waals surface area (Å²) in [6.45, 7) is 8.67. The lowest BCUT2D eigenvalue weighted by molar-refractivity contribution is -0.184. The lowest BCUT2D eigenvalue weighted by Gasteiger charge is -2.32. The van der Waals surface area contributed by atoms with E-state index in [1.165, 1.54) is 162 Å². The summed E-state index contributed by atoms with van der Waals surface area (Å²) >= 11 is 0. The lowest BCUT2D eigenvalue weighted by Crippen LogP contribution is -2.45. The molecule has 0 rings (SSSR count). The van der Waals surface area contributed by atoms with Gasteiger partial charge in [-0.05, 0) is 25.7 Å². The maximum Gasteiger partial charge on any atom is 0.303 e. The summed E-state index contributed by atoms with van der Waals surface area (Å²) < 4.78 is 17.1. The van der Waals surface area contributed by atoms with Crippen molar-refractivity contribution in [3.8, 4) is 0 Å². The molecule has 0 bridgehead atoms. The summed E-state index contributed by atoms with van der Waals surface area (Å²) in [6, 6.07) is 0. The highest BCUT2D eigenvalue weighted by atomic mass is 16.6. The molecule has 0 aromatic rings. The molecule has 0 saturated carbocycles. The van der Waals surface area contributed by atoms with E-state index in [0.717, 1.165) is 38.5 Å². The molecular weight excluding hydrogens is 588 g/mol. The molecule has 2 atom stereocenters. The summed E-state index contributed by atoms with van der Waals surface area (Å²) in [5.74, 6) is -1.27. The van der Waals surface area contributed by atoms with Crippen molar-refractivity contribution in [3.63, 3.8) is 0 Å². The Kier molecular flexibility index (Phi) is 33.1. The van der Waals surface area contributed by atoms with Crippen LogP contribution in [-0.4, -0.2) is 36.2 Å². The molecule has 0 N–H and O–H groups in total. The van der Waals surface area contributed by atoms with Crippen LogP contribution >= 0.6 is 0 Å². The van der Waals surface area contributed by atoms with Gasteiger partial charge in [0.2, 0.25) is 0 Å². The summed E-state index contributed by atoms with van der Waals surface area (Å²) in [6.07, 6.45) is 34.7. The van der Waals surface area contributed by atoms with Gasteiger partial charge in [0.25, 0.3) is 0 Å². The van der Waals surface area contributed by atoms with Crippen LogP contribution in [0.1, 0.15) is 227 Å². The Bertz CT molecular complexity index is 671. The summed E-state index contributed by atoms with van der Waals surface area (Å²) in [5.41, 5.74) is 0. The Labute approximate surface area is 291 Å². The van der Waals surface area contributed by atoms with Crippen molar-refractivity contribution in [2.75, 3.05) is 0 Å². The molecule has 278 valence electrons. The highest BCUT2D eigenvalue weighted by molar-refractivity contribution is 5.68. The van der Waals surface area contributed by atoms with Crippen LogP contribution in [0.2, 0.25) is 0 Å². The van der Waals surface area contributed by atoms with E-state index in [-0.39, 0.29) is 0 Å². The van der Waals surface area contributed by atoms with E-state index < -0.39 is 36.2 Å². The third-order valence-electron chi connectivity index (χ3n) is 9.35. The first-order chi connectivity index (χ1) is 22.8. The molecule has 0 aliphatic carbocycles. The SMILES string of the molecule is CCCCCCCCCCCCCCCCC(OC(C)=O)C(OC(C)=O)C(CCCCCCCCCCCCCCCC)OC(C)=O. The fourth-order valence-corrected chi connectivity index (χ4v) is 6.67. The van der Waals surface area contributed by atoms with E-state index in [0.29, 0.717) is 12.8 Å². The van der Waals surface area contributed by atoms with Crippen LogP contribution in [0.15, 0.2) is 0 Å². The standard InChI is InChI=1S/C41H78O6/c1-6-8-10-12-14-16-18-20-22-24-26-28-30-32-34-39(45-36(3)42)41(47-38(5)44)40(46-37(4)43)35-33-31-29-27-25-23-21-19-17-15-13-11-9-7-2/h39-41H,6-35H2,1-5H3. The number of hydrogen-bond acceptors (Lipinski definition) is 6. The molecule has 6 nitrogen and oxygen atoms in total. The Balaban J connectivity index is 4.52. The minimum absolute atomic E-state index is 0.407. The van der Waals surface area contributed by atoms with Crippen LogP contribution in [0.3, 0.4) is 0 Å². The molecule has 2 unspecified atom stereocenters. The number of ether oxygens (including phenoxy) is 3. The zero-order valence-electron chi connectivity index (χ0n) is 31.9. The zero-order valence-corrected chi connectivity index (χ0v) is 31.9. The first kappa shape index (κ1) is 45.4. The zero-order chi connectivity index (χ0) is 34.8. The van der Waals surface area contributed by atoms with Gasteiger partial charge in [-0.2, -0.15) is 0 Å². The maximum absolute atomic E-state index is 12.1. The molecule has 0 aliphatic heterocycles. The fourth-order valence-electron chi connectivity index (χ4n) is 6.67. The number of carbonyl (C=O) groups excluding carboxylic acids is 3. The molecule has 6 heteroatoms. The summed E-state index contributed by atoms with van der Waals surface area (Å²) in [5, 5.41) is 0. The topological polar surface area (TPSA) is 78.9 Å². The van der Waals surface area contributed by atoms with Gasteiger partial charge >= 0.3 is 17.9 Å². The van der Waals surface area contributed by atoms with Gasteiger partial charge in [0.05, 0.1) is 0 Å². The van der Waals surface area contributed by atoms with Gasteiger partial charge in [-0.1, -0.05) is 181 Å². The van der Waals surface area contributed by atoms with Crippen molar-refractivity contribution in [1.29, 1.82) is 0 Å². The Morgan fingerprint density at radius 3 is 0.766 bits per heavy atom. The predicted octanol–water partition coefficient (Wildman–Crippen LogP) is 12.5. The van der Waals surface area contributed by atoms with E-state index in [2.05, 4.69) is 13.8 Å². The Morgan fingerprint density at radius 2 is 0.553 bits per heavy atom. The summed E-state index contributed by atoms with van der Waals surface area (Å²) in [7, 11) is 0. The van der Waals surface area contributed by atoms with Crippen molar-refractivity contribution in [2.24, 2.45) is 0 Å². The molecule has 0 spiro atoms. The van der Waals surface area contributed by atoms with E-state index in [4.69, 9.17) is 14.2 Å². The minimum atomic E-state index is -0.788. The van der Waals surface area contributed by atoms with Crippen molar-refractivity contribution < 1.29 is 28.6 Å². The average molecular weight is 667 g/mol. The van der Waals surface area contributed by atoms with Gasteiger partial charge in [-0.3, -0.25) is 14.4 Å². The van der Waals surface area contributed by atoms with Crippen LogP contribution in [0.4, 0.5) is 0 Å². The second-order valence-electron chi connectivity index (χ2n) is 14.1. The van der Waals surface area contributed by atoms with Gasteiger partial charge in [-0.25, -0.2) is 0 Å². The van der Waals surface area contributed by atoms with Crippen molar-refractivity contribution in [1.82, 2.24) is 0 Å². The quantitative estimate of drug-likeness (QED) is 0.0380. The Hall–Kier alpha value is -1.59. The number of unbranched alkanes of at least 4 members (excludes halogenated alkanes) is 26. The van der Waals surface area contributed by atoms with Crippen molar-refractivity contribution in [3.05, 3.63) is 0 Å². The van der Waals surface area contributed by atoms with Crippen LogP contribution in [0, 0.1) is 0 Å². The molecule has 0 aliphatic rings. The highest BCUT2D eigenvalue weighted by Gasteiger charge is 2.36. The van der Waals surface area contributed by atoms with Crippen LogP contribution in [0.25, 0.3) is 0 Å². The minimum Gasteiger partial charge on any atom is -0.458 e. The van der Waals surface area contributed by atoms with Gasteiger partial charge in [-0.15, -0.1) is 0 Å². The monoisotopic (exact) mass is 667 g/mol. The Morgan fingerprint density at radius 1 is 0.340 bits per heavy atom. The van der Waals surface area contributed by atoms with E-state index in [9.17, 15) is 14.4 Å². The molecule has 0 fully saturated rings. The predicted molar refractivity (Wildman–Crippen MR) is 197 cm³/mol. The van der Waals surface area contributed by atoms with Gasteiger partial charge < -0.3 is 14.2 Å². The van der Waals surface area contributed by atoms with E-state index in [1.807, 2.05) is 0 Å². The lowest BCUT2D eigenvalue weighted by atomic mass is 9.96. The molecule has 0 saturated heterocycles. The second kappa shape index (κ2) is 34.3. The molecule has 0 heterocycles. The fraction of sp³-hybridized carbons (Fsp3) is 0.927. The molecule has 0 aromatic carbocycles. The van der Waals surface area contributed by atoms with Crippen LogP contribution < -0.4 is 0 Å². The first-order valence-electron chi connectivity index (χ1n) is 20.3. The second-order valence-corrected chi connectivity index (χ2v) is 14.1. The molecule has 0 radical (unpaired) electrons. The average Bonchev–Trinajstić information content (AvgIpc) is 3.02. The maximum atomic E-state index is 12.1. The highest BCUT2D eigenvalue weighted by Crippen LogP contribution is 2.24. The third-order valence-corrected chi connectivity index (χ3v) is 9.35. The largest absolute Gasteiger partial charge is 0.458 e. The van der Waals surface area contributed by atoms with Gasteiger partial charge in [0.15, 0.2) is 6.10 Å². The number of rotatable bonds is 35. The summed E-state index contributed by atoms with van der Waals surface area (Å²) in [4.78, 5) is 36.3. The van der Waals surface area contributed by atoms with Crippen molar-refractivity contribution in [2.45, 2.75) is 246 Å². The van der Waals surface area contributed by atoms with Gasteiger partial charge in [0.1, 0.15) is 12.2 Å². The van der Waals surface area contributed by atoms with E-state index >= 15 is 0 Å². The number of esters is 3. The molecule has 0 amide bonds. The number of hydrogen-bond donors (Lipinski definition) is 0. The van der Waals surface area contributed by atoms with Crippen LogP contribution in [0.5, 0.6) is 0 Å². The van der Waals surface area contributed by atoms with Crippen molar-refractivity contribution >= 4 is 17.9 Å². The number of carbonyl (C=O) groups is 3. The van der Waals surface area contributed by atoms with Gasteiger partial charge in [0, 0.05) is 20.8 Å². The smallest absolute Gasteiger partial charge is 0.303 e. The van der Waals surface area contributed by atoms with Crippen LogP contribution in [-0.2, 0) is 28.6 Å². The molecule has 47 heavy (non-hydrogen) atoms. The normalized spacial score (nSPS) is 13.2. The third kappa shape index (κ3) is 31.4. The molecule has 0 aromatic heterocycles.